The van der Waals surface area contributed by atoms with Crippen molar-refractivity contribution in [3.05, 3.63) is 24.5 Å². The highest BCUT2D eigenvalue weighted by Gasteiger charge is 2.16. The molecule has 1 fully saturated rings. The Balaban J connectivity index is 1.73. The normalized spacial score (nSPS) is 16.2. The van der Waals surface area contributed by atoms with Crippen molar-refractivity contribution in [1.29, 1.82) is 0 Å². The third kappa shape index (κ3) is 2.93. The molecule has 0 unspecified atom stereocenters. The Kier molecular flexibility index (Phi) is 3.71. The van der Waals surface area contributed by atoms with Gasteiger partial charge in [0.1, 0.15) is 0 Å². The van der Waals surface area contributed by atoms with Crippen molar-refractivity contribution in [2.45, 2.75) is 0 Å². The van der Waals surface area contributed by atoms with Crippen molar-refractivity contribution < 1.29 is 4.79 Å². The van der Waals surface area contributed by atoms with Crippen LogP contribution in [0.1, 0.15) is 0 Å². The summed E-state index contributed by atoms with van der Waals surface area (Å²) in [6, 6.07) is 3.83. The Labute approximate surface area is 94.9 Å². The zero-order valence-corrected chi connectivity index (χ0v) is 9.15. The second-order valence-electron chi connectivity index (χ2n) is 3.72. The molecule has 0 aromatic carbocycles. The van der Waals surface area contributed by atoms with Gasteiger partial charge in [-0.25, -0.2) is 0 Å². The van der Waals surface area contributed by atoms with E-state index in [9.17, 15) is 4.79 Å². The van der Waals surface area contributed by atoms with Crippen LogP contribution in [0.3, 0.4) is 0 Å². The van der Waals surface area contributed by atoms with Crippen LogP contribution in [0.25, 0.3) is 0 Å². The standard InChI is InChI=1S/C11H16N4O/c16-11-9-13-5-7-15(11)8-6-14-10-1-3-12-4-2-10/h1-4,13H,5-9H2,(H,12,14). The predicted molar refractivity (Wildman–Crippen MR) is 62.2 cm³/mol. The third-order valence-corrected chi connectivity index (χ3v) is 2.58. The maximum absolute atomic E-state index is 11.5. The molecule has 5 heteroatoms. The van der Waals surface area contributed by atoms with Gasteiger partial charge in [-0.3, -0.25) is 9.78 Å². The number of anilines is 1. The quantitative estimate of drug-likeness (QED) is 0.745. The van der Waals surface area contributed by atoms with Gasteiger partial charge in [0, 0.05) is 44.3 Å². The van der Waals surface area contributed by atoms with E-state index in [-0.39, 0.29) is 5.91 Å². The summed E-state index contributed by atoms with van der Waals surface area (Å²) in [5.41, 5.74) is 1.04. The summed E-state index contributed by atoms with van der Waals surface area (Å²) in [4.78, 5) is 17.3. The Morgan fingerprint density at radius 1 is 1.44 bits per heavy atom. The molecule has 86 valence electrons. The summed E-state index contributed by atoms with van der Waals surface area (Å²) >= 11 is 0. The maximum atomic E-state index is 11.5. The first-order chi connectivity index (χ1) is 7.86. The van der Waals surface area contributed by atoms with Crippen LogP contribution in [0.4, 0.5) is 5.69 Å². The van der Waals surface area contributed by atoms with Gasteiger partial charge in [0.25, 0.3) is 0 Å². The molecule has 0 saturated carbocycles. The van der Waals surface area contributed by atoms with E-state index in [2.05, 4.69) is 15.6 Å². The number of hydrogen-bond acceptors (Lipinski definition) is 4. The van der Waals surface area contributed by atoms with E-state index in [0.29, 0.717) is 6.54 Å². The topological polar surface area (TPSA) is 57.3 Å². The lowest BCUT2D eigenvalue weighted by Crippen LogP contribution is -2.49. The molecule has 1 aliphatic heterocycles. The number of aromatic nitrogens is 1. The number of hydrogen-bond donors (Lipinski definition) is 2. The second kappa shape index (κ2) is 5.46. The smallest absolute Gasteiger partial charge is 0.236 e. The Morgan fingerprint density at radius 2 is 2.25 bits per heavy atom. The lowest BCUT2D eigenvalue weighted by molar-refractivity contribution is -0.131. The molecule has 5 nitrogen and oxygen atoms in total. The van der Waals surface area contributed by atoms with E-state index in [0.717, 1.165) is 31.9 Å². The van der Waals surface area contributed by atoms with Gasteiger partial charge in [-0.05, 0) is 12.1 Å². The van der Waals surface area contributed by atoms with Crippen LogP contribution in [0.2, 0.25) is 0 Å². The van der Waals surface area contributed by atoms with E-state index in [1.165, 1.54) is 0 Å². The van der Waals surface area contributed by atoms with E-state index >= 15 is 0 Å². The largest absolute Gasteiger partial charge is 0.383 e. The van der Waals surface area contributed by atoms with Gasteiger partial charge < -0.3 is 15.5 Å². The van der Waals surface area contributed by atoms with Gasteiger partial charge in [-0.1, -0.05) is 0 Å². The SMILES string of the molecule is O=C1CNCCN1CCNc1ccncc1. The third-order valence-electron chi connectivity index (χ3n) is 2.58. The zero-order chi connectivity index (χ0) is 11.2. The fourth-order valence-electron chi connectivity index (χ4n) is 1.69. The summed E-state index contributed by atoms with van der Waals surface area (Å²) in [7, 11) is 0. The predicted octanol–water partition coefficient (Wildman–Crippen LogP) is -0.0747. The molecule has 2 rings (SSSR count). The number of carbonyl (C=O) groups is 1. The number of carbonyl (C=O) groups excluding carboxylic acids is 1. The van der Waals surface area contributed by atoms with Crippen molar-refractivity contribution in [3.63, 3.8) is 0 Å². The first kappa shape index (κ1) is 10.9. The summed E-state index contributed by atoms with van der Waals surface area (Å²) in [6.45, 7) is 3.69. The monoisotopic (exact) mass is 220 g/mol. The molecule has 1 aromatic rings. The van der Waals surface area contributed by atoms with Crippen LogP contribution in [-0.2, 0) is 4.79 Å². The van der Waals surface area contributed by atoms with Gasteiger partial charge in [0.15, 0.2) is 0 Å². The highest BCUT2D eigenvalue weighted by Crippen LogP contribution is 2.02. The van der Waals surface area contributed by atoms with Gasteiger partial charge in [-0.2, -0.15) is 0 Å². The number of piperazine rings is 1. The van der Waals surface area contributed by atoms with E-state index < -0.39 is 0 Å². The molecule has 1 aromatic heterocycles. The van der Waals surface area contributed by atoms with E-state index in [4.69, 9.17) is 0 Å². The first-order valence-corrected chi connectivity index (χ1v) is 5.48. The van der Waals surface area contributed by atoms with Crippen LogP contribution in [0.15, 0.2) is 24.5 Å². The molecule has 0 spiro atoms. The fraction of sp³-hybridized carbons (Fsp3) is 0.455. The van der Waals surface area contributed by atoms with Crippen LogP contribution in [-0.4, -0.2) is 48.5 Å². The van der Waals surface area contributed by atoms with Gasteiger partial charge in [0.05, 0.1) is 6.54 Å². The number of rotatable bonds is 4. The van der Waals surface area contributed by atoms with Gasteiger partial charge in [-0.15, -0.1) is 0 Å². The molecule has 2 N–H and O–H groups in total. The molecular weight excluding hydrogens is 204 g/mol. The average molecular weight is 220 g/mol. The summed E-state index contributed by atoms with van der Waals surface area (Å²) in [5, 5.41) is 6.31. The molecule has 1 saturated heterocycles. The van der Waals surface area contributed by atoms with Gasteiger partial charge in [0.2, 0.25) is 5.91 Å². The molecule has 1 amide bonds. The van der Waals surface area contributed by atoms with Crippen molar-refractivity contribution in [3.8, 4) is 0 Å². The minimum absolute atomic E-state index is 0.183. The summed E-state index contributed by atoms with van der Waals surface area (Å²) < 4.78 is 0. The van der Waals surface area contributed by atoms with Gasteiger partial charge >= 0.3 is 0 Å². The van der Waals surface area contributed by atoms with Crippen LogP contribution < -0.4 is 10.6 Å². The summed E-state index contributed by atoms with van der Waals surface area (Å²) in [5.74, 6) is 0.183. The maximum Gasteiger partial charge on any atom is 0.236 e. The molecule has 2 heterocycles. The lowest BCUT2D eigenvalue weighted by Gasteiger charge is -2.27. The molecule has 0 atom stereocenters. The number of pyridine rings is 1. The highest BCUT2D eigenvalue weighted by molar-refractivity contribution is 5.79. The summed E-state index contributed by atoms with van der Waals surface area (Å²) in [6.07, 6.45) is 3.50. The van der Waals surface area contributed by atoms with Crippen molar-refractivity contribution in [1.82, 2.24) is 15.2 Å². The first-order valence-electron chi connectivity index (χ1n) is 5.48. The van der Waals surface area contributed by atoms with E-state index in [1.807, 2.05) is 17.0 Å². The zero-order valence-electron chi connectivity index (χ0n) is 9.15. The minimum atomic E-state index is 0.183. The average Bonchev–Trinajstić information content (AvgIpc) is 2.33. The number of amides is 1. The number of nitrogens with one attached hydrogen (secondary N) is 2. The van der Waals surface area contributed by atoms with Crippen LogP contribution in [0.5, 0.6) is 0 Å². The van der Waals surface area contributed by atoms with Crippen molar-refractivity contribution >= 4 is 11.6 Å². The molecular formula is C11H16N4O. The second-order valence-corrected chi connectivity index (χ2v) is 3.72. The Bertz CT molecular complexity index is 341. The molecule has 0 aliphatic carbocycles. The Hall–Kier alpha value is -1.62. The Morgan fingerprint density at radius 3 is 3.00 bits per heavy atom. The number of nitrogens with zero attached hydrogens (tertiary/aromatic N) is 2. The van der Waals surface area contributed by atoms with E-state index in [1.54, 1.807) is 12.4 Å². The van der Waals surface area contributed by atoms with Crippen molar-refractivity contribution in [2.75, 3.05) is 38.0 Å². The van der Waals surface area contributed by atoms with Crippen molar-refractivity contribution in [2.24, 2.45) is 0 Å². The lowest BCUT2D eigenvalue weighted by atomic mass is 10.3. The molecule has 1 aliphatic rings. The fourth-order valence-corrected chi connectivity index (χ4v) is 1.69. The molecule has 0 radical (unpaired) electrons. The molecule has 0 bridgehead atoms. The molecule has 16 heavy (non-hydrogen) atoms. The minimum Gasteiger partial charge on any atom is -0.383 e. The van der Waals surface area contributed by atoms with Crippen LogP contribution >= 0.6 is 0 Å². The van der Waals surface area contributed by atoms with Crippen LogP contribution in [0, 0.1) is 0 Å². The highest BCUT2D eigenvalue weighted by atomic mass is 16.2.